The van der Waals surface area contributed by atoms with Gasteiger partial charge in [0.15, 0.2) is 0 Å². The zero-order chi connectivity index (χ0) is 27.8. The molecular weight excluding hydrogens is 856 g/mol. The van der Waals surface area contributed by atoms with Crippen LogP contribution in [0.4, 0.5) is 0 Å². The van der Waals surface area contributed by atoms with Gasteiger partial charge < -0.3 is 49.6 Å². The first-order chi connectivity index (χ1) is 19.9. The number of benzene rings is 6. The SMILES string of the molecule is [C]=O.[Cl-].[Cl-].[Cl-].[Cl-].[Ir+4].c1ccc(P(c2ccccc2)c2ccccc2)cc1.c1ccc(P(c2ccccc2)c2ccccc2)cc1. The van der Waals surface area contributed by atoms with Gasteiger partial charge in [0.1, 0.15) is 0 Å². The molecule has 0 saturated heterocycles. The standard InChI is InChI=1S/2C18H15P.CO.4ClH.Ir/c2*1-4-10-16(11-5-1)19(17-12-6-2-7-13-17)18-14-8-3-9-15-18;1-2;;;;;/h2*1-15H;;4*1H;/q;;;;;;;+4/p-4. The summed E-state index contributed by atoms with van der Waals surface area (Å²) in [6, 6.07) is 64.7. The van der Waals surface area contributed by atoms with Crippen LogP contribution in [0.1, 0.15) is 0 Å². The van der Waals surface area contributed by atoms with Crippen LogP contribution in [0, 0.1) is 0 Å². The average Bonchev–Trinajstić information content (AvgIpc) is 3.06. The van der Waals surface area contributed by atoms with Gasteiger partial charge in [-0.2, -0.15) is 0 Å². The average molecular weight is 887 g/mol. The van der Waals surface area contributed by atoms with E-state index in [1.807, 2.05) is 0 Å². The van der Waals surface area contributed by atoms with Gasteiger partial charge in [-0.25, -0.2) is 0 Å². The molecule has 0 aromatic heterocycles. The molecule has 6 aromatic carbocycles. The van der Waals surface area contributed by atoms with E-state index in [-0.39, 0.29) is 69.7 Å². The molecule has 0 aliphatic heterocycles. The Labute approximate surface area is 308 Å². The van der Waals surface area contributed by atoms with Crippen LogP contribution in [0.15, 0.2) is 182 Å². The summed E-state index contributed by atoms with van der Waals surface area (Å²) in [5.74, 6) is 0. The van der Waals surface area contributed by atoms with Crippen LogP contribution in [0.3, 0.4) is 0 Å². The summed E-state index contributed by atoms with van der Waals surface area (Å²) in [6.07, 6.45) is 0. The largest absolute Gasteiger partial charge is 4.00 e. The van der Waals surface area contributed by atoms with Crippen molar-refractivity contribution in [3.05, 3.63) is 182 Å². The Balaban J connectivity index is 0. The second-order valence-electron chi connectivity index (χ2n) is 8.68. The van der Waals surface area contributed by atoms with Crippen molar-refractivity contribution in [2.75, 3.05) is 0 Å². The molecule has 6 aromatic rings. The molecule has 0 aliphatic carbocycles. The summed E-state index contributed by atoms with van der Waals surface area (Å²) < 4.78 is 0. The summed E-state index contributed by atoms with van der Waals surface area (Å²) >= 11 is 0. The van der Waals surface area contributed by atoms with Gasteiger partial charge in [0.2, 0.25) is 0 Å². The molecule has 0 unspecified atom stereocenters. The maximum atomic E-state index is 7.50. The van der Waals surface area contributed by atoms with E-state index in [1.54, 1.807) is 0 Å². The summed E-state index contributed by atoms with van der Waals surface area (Å²) in [6.45, 7) is 4.50. The number of hydrogen-bond donors (Lipinski definition) is 0. The predicted molar refractivity (Wildman–Crippen MR) is 176 cm³/mol. The zero-order valence-corrected chi connectivity index (χ0v) is 31.2. The van der Waals surface area contributed by atoms with Crippen LogP contribution in [0.25, 0.3) is 0 Å². The molecule has 231 valence electrons. The second-order valence-corrected chi connectivity index (χ2v) is 13.1. The fourth-order valence-corrected chi connectivity index (χ4v) is 8.97. The van der Waals surface area contributed by atoms with E-state index >= 15 is 0 Å². The van der Waals surface area contributed by atoms with Gasteiger partial charge in [-0.05, 0) is 47.7 Å². The first-order valence-corrected chi connectivity index (χ1v) is 15.7. The normalized spacial score (nSPS) is 9.02. The van der Waals surface area contributed by atoms with Crippen molar-refractivity contribution in [2.45, 2.75) is 0 Å². The molecule has 1 nitrogen and oxygen atoms in total. The smallest absolute Gasteiger partial charge is 1.00 e. The molecule has 0 spiro atoms. The molecule has 0 saturated carbocycles. The predicted octanol–water partition coefficient (Wildman–Crippen LogP) is -5.49. The van der Waals surface area contributed by atoms with E-state index in [1.165, 1.54) is 31.8 Å². The van der Waals surface area contributed by atoms with Crippen molar-refractivity contribution >= 4 is 54.5 Å². The summed E-state index contributed by atoms with van der Waals surface area (Å²) in [5, 5.41) is 8.39. The Hall–Kier alpha value is -2.34. The minimum Gasteiger partial charge on any atom is -1.00 e. The maximum absolute atomic E-state index is 7.50. The van der Waals surface area contributed by atoms with Gasteiger partial charge in [-0.3, -0.25) is 4.79 Å². The van der Waals surface area contributed by atoms with Gasteiger partial charge in [-0.1, -0.05) is 182 Å². The minimum atomic E-state index is -0.446. The summed E-state index contributed by atoms with van der Waals surface area (Å²) in [5.41, 5.74) is 0. The van der Waals surface area contributed by atoms with E-state index in [0.717, 1.165) is 0 Å². The van der Waals surface area contributed by atoms with E-state index in [0.29, 0.717) is 0 Å². The van der Waals surface area contributed by atoms with Gasteiger partial charge in [0.05, 0.1) is 0 Å². The molecule has 8 heteroatoms. The number of halogens is 4. The van der Waals surface area contributed by atoms with Gasteiger partial charge >= 0.3 is 20.1 Å². The van der Waals surface area contributed by atoms with Gasteiger partial charge in [0, 0.05) is 0 Å². The van der Waals surface area contributed by atoms with Crippen molar-refractivity contribution in [2.24, 2.45) is 0 Å². The van der Waals surface area contributed by atoms with E-state index in [2.05, 4.69) is 189 Å². The van der Waals surface area contributed by atoms with Crippen LogP contribution in [-0.4, -0.2) is 6.79 Å². The third-order valence-electron chi connectivity index (χ3n) is 6.09. The van der Waals surface area contributed by atoms with Gasteiger partial charge in [-0.15, -0.1) is 0 Å². The zero-order valence-electron chi connectivity index (χ0n) is 24.0. The number of hydrogen-bond acceptors (Lipinski definition) is 1. The Morgan fingerprint density at radius 2 is 0.378 bits per heavy atom. The molecule has 0 atom stereocenters. The molecule has 0 heterocycles. The molecule has 0 N–H and O–H groups in total. The van der Waals surface area contributed by atoms with Crippen LogP contribution >= 0.6 is 15.8 Å². The molecule has 6 rings (SSSR count). The second kappa shape index (κ2) is 25.8. The van der Waals surface area contributed by atoms with Crippen molar-refractivity contribution in [1.29, 1.82) is 0 Å². The molecule has 45 heavy (non-hydrogen) atoms. The summed E-state index contributed by atoms with van der Waals surface area (Å²) in [4.78, 5) is 7.50. The Morgan fingerprint density at radius 1 is 0.267 bits per heavy atom. The maximum Gasteiger partial charge on any atom is 4.00 e. The Kier molecular flexibility index (Phi) is 25.7. The fraction of sp³-hybridized carbons (Fsp3) is 0. The first-order valence-electron chi connectivity index (χ1n) is 13.0. The van der Waals surface area contributed by atoms with Crippen molar-refractivity contribution in [3.63, 3.8) is 0 Å². The molecule has 0 bridgehead atoms. The molecule has 0 aliphatic rings. The molecule has 0 amide bonds. The first kappa shape index (κ1) is 44.8. The molecule has 3 radical (unpaired) electrons. The van der Waals surface area contributed by atoms with Crippen molar-refractivity contribution < 1.29 is 74.5 Å². The topological polar surface area (TPSA) is 17.1 Å². The Morgan fingerprint density at radius 3 is 0.489 bits per heavy atom. The number of carbonyl (C=O) groups excluding carboxylic acids is 1. The van der Waals surface area contributed by atoms with Crippen LogP contribution in [-0.2, 0) is 24.9 Å². The quantitative estimate of drug-likeness (QED) is 0.153. The van der Waals surface area contributed by atoms with Crippen molar-refractivity contribution in [1.82, 2.24) is 0 Å². The number of rotatable bonds is 6. The van der Waals surface area contributed by atoms with Crippen LogP contribution in [0.2, 0.25) is 0 Å². The minimum absolute atomic E-state index is 0. The third-order valence-corrected chi connectivity index (χ3v) is 11.0. The third kappa shape index (κ3) is 13.5. The van der Waals surface area contributed by atoms with E-state index in [4.69, 9.17) is 4.79 Å². The van der Waals surface area contributed by atoms with Crippen LogP contribution < -0.4 is 81.5 Å². The molecule has 0 fully saturated rings. The van der Waals surface area contributed by atoms with Crippen LogP contribution in [0.5, 0.6) is 0 Å². The fourth-order valence-electron chi connectivity index (χ4n) is 4.36. The van der Waals surface area contributed by atoms with Gasteiger partial charge in [0.25, 0.3) is 6.79 Å². The van der Waals surface area contributed by atoms with E-state index in [9.17, 15) is 0 Å². The van der Waals surface area contributed by atoms with E-state index < -0.39 is 15.8 Å². The molecular formula is C37H30Cl4IrOP2. The monoisotopic (exact) mass is 885 g/mol. The summed E-state index contributed by atoms with van der Waals surface area (Å²) in [7, 11) is -0.892. The van der Waals surface area contributed by atoms with Crippen molar-refractivity contribution in [3.8, 4) is 0 Å². The Bertz CT molecular complexity index is 1220.